The molecule has 1 N–H and O–H groups in total. The fourth-order valence-electron chi connectivity index (χ4n) is 2.50. The summed E-state index contributed by atoms with van der Waals surface area (Å²) in [6, 6.07) is 9.87. The van der Waals surface area contributed by atoms with Crippen LogP contribution in [-0.4, -0.2) is 27.8 Å². The minimum Gasteiger partial charge on any atom is -0.464 e. The normalized spacial score (nSPS) is 11.0. The standard InChI is InChI=1S/C16H17N3O2/c1-3-8-19-15(9-14(18-19)16(20)21-2)12-10-17-13-7-5-4-6-11(12)13/h4-7,9-10,17H,3,8H2,1-2H3. The van der Waals surface area contributed by atoms with Crippen LogP contribution in [0.2, 0.25) is 0 Å². The average Bonchev–Trinajstić information content (AvgIpc) is 3.10. The number of aryl methyl sites for hydroxylation is 1. The molecular formula is C16H17N3O2. The highest BCUT2D eigenvalue weighted by molar-refractivity contribution is 5.96. The molecule has 3 aromatic rings. The Labute approximate surface area is 122 Å². The summed E-state index contributed by atoms with van der Waals surface area (Å²) in [4.78, 5) is 15.0. The Kier molecular flexibility index (Phi) is 3.48. The van der Waals surface area contributed by atoms with Gasteiger partial charge in [0.2, 0.25) is 0 Å². The first kappa shape index (κ1) is 13.4. The summed E-state index contributed by atoms with van der Waals surface area (Å²) in [5.74, 6) is -0.411. The smallest absolute Gasteiger partial charge is 0.358 e. The lowest BCUT2D eigenvalue weighted by Gasteiger charge is -2.04. The Hall–Kier alpha value is -2.56. The molecule has 5 nitrogen and oxygen atoms in total. The molecule has 21 heavy (non-hydrogen) atoms. The molecule has 108 valence electrons. The van der Waals surface area contributed by atoms with Crippen molar-refractivity contribution in [2.24, 2.45) is 0 Å². The molecule has 0 radical (unpaired) electrons. The Morgan fingerprint density at radius 3 is 2.95 bits per heavy atom. The van der Waals surface area contributed by atoms with E-state index in [0.717, 1.165) is 35.1 Å². The van der Waals surface area contributed by atoms with E-state index in [1.807, 2.05) is 29.1 Å². The molecule has 1 aromatic carbocycles. The Morgan fingerprint density at radius 2 is 2.19 bits per heavy atom. The number of para-hydroxylation sites is 1. The number of nitrogens with one attached hydrogen (secondary N) is 1. The van der Waals surface area contributed by atoms with Crippen molar-refractivity contribution >= 4 is 16.9 Å². The molecule has 0 fully saturated rings. The maximum absolute atomic E-state index is 11.7. The summed E-state index contributed by atoms with van der Waals surface area (Å²) in [7, 11) is 1.37. The SMILES string of the molecule is CCCn1nc(C(=O)OC)cc1-c1c[nH]c2ccccc12. The van der Waals surface area contributed by atoms with Crippen LogP contribution in [0.3, 0.4) is 0 Å². The molecule has 0 aliphatic heterocycles. The number of hydrogen-bond acceptors (Lipinski definition) is 3. The molecule has 0 saturated carbocycles. The van der Waals surface area contributed by atoms with Crippen molar-refractivity contribution in [3.63, 3.8) is 0 Å². The second-order valence-electron chi connectivity index (χ2n) is 4.88. The van der Waals surface area contributed by atoms with E-state index in [1.54, 1.807) is 6.07 Å². The van der Waals surface area contributed by atoms with Crippen molar-refractivity contribution in [2.75, 3.05) is 7.11 Å². The maximum atomic E-state index is 11.7. The first-order valence-corrected chi connectivity index (χ1v) is 6.97. The van der Waals surface area contributed by atoms with Gasteiger partial charge < -0.3 is 9.72 Å². The van der Waals surface area contributed by atoms with Crippen molar-refractivity contribution in [1.82, 2.24) is 14.8 Å². The van der Waals surface area contributed by atoms with Gasteiger partial charge in [-0.25, -0.2) is 4.79 Å². The zero-order valence-corrected chi connectivity index (χ0v) is 12.1. The topological polar surface area (TPSA) is 59.9 Å². The Bertz CT molecular complexity index is 786. The van der Waals surface area contributed by atoms with Crippen LogP contribution in [0, 0.1) is 0 Å². The third-order valence-electron chi connectivity index (χ3n) is 3.48. The molecule has 0 aliphatic carbocycles. The third-order valence-corrected chi connectivity index (χ3v) is 3.48. The Balaban J connectivity index is 2.16. The van der Waals surface area contributed by atoms with Gasteiger partial charge >= 0.3 is 5.97 Å². The highest BCUT2D eigenvalue weighted by Gasteiger charge is 2.17. The van der Waals surface area contributed by atoms with Gasteiger partial charge in [-0.15, -0.1) is 0 Å². The van der Waals surface area contributed by atoms with Gasteiger partial charge in [-0.2, -0.15) is 5.10 Å². The minimum absolute atomic E-state index is 0.339. The van der Waals surface area contributed by atoms with Gasteiger partial charge in [0.1, 0.15) is 0 Å². The summed E-state index contributed by atoms with van der Waals surface area (Å²) in [6.45, 7) is 2.84. The summed E-state index contributed by atoms with van der Waals surface area (Å²) < 4.78 is 6.63. The van der Waals surface area contributed by atoms with Crippen molar-refractivity contribution in [2.45, 2.75) is 19.9 Å². The van der Waals surface area contributed by atoms with Crippen LogP contribution >= 0.6 is 0 Å². The lowest BCUT2D eigenvalue weighted by Crippen LogP contribution is -2.05. The number of aromatic nitrogens is 3. The molecule has 0 amide bonds. The van der Waals surface area contributed by atoms with Crippen LogP contribution in [-0.2, 0) is 11.3 Å². The monoisotopic (exact) mass is 283 g/mol. The summed E-state index contributed by atoms with van der Waals surface area (Å²) >= 11 is 0. The lowest BCUT2D eigenvalue weighted by molar-refractivity contribution is 0.0593. The summed E-state index contributed by atoms with van der Waals surface area (Å²) in [6.07, 6.45) is 2.90. The van der Waals surface area contributed by atoms with Crippen molar-refractivity contribution in [1.29, 1.82) is 0 Å². The fraction of sp³-hybridized carbons (Fsp3) is 0.250. The van der Waals surface area contributed by atoms with Crippen LogP contribution in [0.4, 0.5) is 0 Å². The maximum Gasteiger partial charge on any atom is 0.358 e. The zero-order chi connectivity index (χ0) is 14.8. The van der Waals surface area contributed by atoms with Gasteiger partial charge in [0, 0.05) is 29.2 Å². The van der Waals surface area contributed by atoms with Gasteiger partial charge in [-0.05, 0) is 18.6 Å². The van der Waals surface area contributed by atoms with E-state index in [2.05, 4.69) is 23.1 Å². The number of methoxy groups -OCH3 is 1. The van der Waals surface area contributed by atoms with Gasteiger partial charge in [0.15, 0.2) is 5.69 Å². The van der Waals surface area contributed by atoms with Gasteiger partial charge in [0.05, 0.1) is 12.8 Å². The van der Waals surface area contributed by atoms with Gasteiger partial charge in [-0.1, -0.05) is 25.1 Å². The van der Waals surface area contributed by atoms with E-state index < -0.39 is 5.97 Å². The van der Waals surface area contributed by atoms with Crippen LogP contribution in [0.15, 0.2) is 36.5 Å². The number of ether oxygens (including phenoxy) is 1. The zero-order valence-electron chi connectivity index (χ0n) is 12.1. The van der Waals surface area contributed by atoms with Crippen LogP contribution in [0.1, 0.15) is 23.8 Å². The molecule has 0 aliphatic rings. The van der Waals surface area contributed by atoms with Crippen molar-refractivity contribution < 1.29 is 9.53 Å². The summed E-state index contributed by atoms with van der Waals surface area (Å²) in [5, 5.41) is 5.48. The number of fused-ring (bicyclic) bond motifs is 1. The molecule has 3 rings (SSSR count). The number of carbonyl (C=O) groups excluding carboxylic acids is 1. The Morgan fingerprint density at radius 1 is 1.38 bits per heavy atom. The van der Waals surface area contributed by atoms with E-state index in [9.17, 15) is 4.79 Å². The number of nitrogens with zero attached hydrogens (tertiary/aromatic N) is 2. The predicted octanol–water partition coefficient (Wildman–Crippen LogP) is 3.23. The number of carbonyl (C=O) groups is 1. The number of aromatic amines is 1. The first-order valence-electron chi connectivity index (χ1n) is 6.97. The molecule has 0 bridgehead atoms. The van der Waals surface area contributed by atoms with Crippen LogP contribution in [0.25, 0.3) is 22.2 Å². The highest BCUT2D eigenvalue weighted by Crippen LogP contribution is 2.29. The second-order valence-corrected chi connectivity index (χ2v) is 4.88. The molecule has 0 unspecified atom stereocenters. The third kappa shape index (κ3) is 2.31. The van der Waals surface area contributed by atoms with Gasteiger partial charge in [-0.3, -0.25) is 4.68 Å². The van der Waals surface area contributed by atoms with Crippen LogP contribution in [0.5, 0.6) is 0 Å². The number of benzene rings is 1. The fourth-order valence-corrected chi connectivity index (χ4v) is 2.50. The number of H-pyrrole nitrogens is 1. The van der Waals surface area contributed by atoms with E-state index in [1.165, 1.54) is 7.11 Å². The predicted molar refractivity (Wildman–Crippen MR) is 81.2 cm³/mol. The number of rotatable bonds is 4. The van der Waals surface area contributed by atoms with Crippen LogP contribution < -0.4 is 0 Å². The average molecular weight is 283 g/mol. The van der Waals surface area contributed by atoms with E-state index >= 15 is 0 Å². The van der Waals surface area contributed by atoms with Crippen molar-refractivity contribution in [3.05, 3.63) is 42.2 Å². The van der Waals surface area contributed by atoms with Gasteiger partial charge in [0.25, 0.3) is 0 Å². The minimum atomic E-state index is -0.411. The molecule has 2 aromatic heterocycles. The molecule has 0 spiro atoms. The molecule has 5 heteroatoms. The van der Waals surface area contributed by atoms with E-state index in [-0.39, 0.29) is 0 Å². The van der Waals surface area contributed by atoms with Crippen molar-refractivity contribution in [3.8, 4) is 11.3 Å². The molecule has 2 heterocycles. The number of esters is 1. The second kappa shape index (κ2) is 5.44. The highest BCUT2D eigenvalue weighted by atomic mass is 16.5. The lowest BCUT2D eigenvalue weighted by atomic mass is 10.1. The molecule has 0 atom stereocenters. The molecular weight excluding hydrogens is 266 g/mol. The van der Waals surface area contributed by atoms with E-state index in [0.29, 0.717) is 5.69 Å². The number of hydrogen-bond donors (Lipinski definition) is 1. The largest absolute Gasteiger partial charge is 0.464 e. The quantitative estimate of drug-likeness (QED) is 0.748. The van der Waals surface area contributed by atoms with E-state index in [4.69, 9.17) is 4.74 Å². The first-order chi connectivity index (χ1) is 10.2. The molecule has 0 saturated heterocycles. The summed E-state index contributed by atoms with van der Waals surface area (Å²) in [5.41, 5.74) is 3.37.